The lowest BCUT2D eigenvalue weighted by molar-refractivity contribution is 0.409. The lowest BCUT2D eigenvalue weighted by Gasteiger charge is -2.13. The fourth-order valence-corrected chi connectivity index (χ4v) is 3.47. The molecule has 0 fully saturated rings. The van der Waals surface area contributed by atoms with Crippen LogP contribution in [0.2, 0.25) is 0 Å². The van der Waals surface area contributed by atoms with Crippen LogP contribution in [-0.2, 0) is 0 Å². The molecule has 0 spiro atoms. The SMILES string of the molecule is CCCCCCCC(C)CCCCCC(C)CCCCCC. The minimum atomic E-state index is 0.966. The van der Waals surface area contributed by atoms with Crippen LogP contribution >= 0.6 is 0 Å². The Morgan fingerprint density at radius 1 is 0.409 bits per heavy atom. The molecule has 22 heavy (non-hydrogen) atoms. The van der Waals surface area contributed by atoms with Crippen LogP contribution in [0.25, 0.3) is 0 Å². The quantitative estimate of drug-likeness (QED) is 0.236. The summed E-state index contributed by atoms with van der Waals surface area (Å²) in [5.74, 6) is 1.93. The lowest BCUT2D eigenvalue weighted by Crippen LogP contribution is -1.97. The molecule has 0 bridgehead atoms. The van der Waals surface area contributed by atoms with E-state index in [2.05, 4.69) is 27.7 Å². The standard InChI is InChI=1S/C22H46/c1-5-7-9-11-14-18-22(4)20-16-12-15-19-21(3)17-13-10-8-6-2/h21-22H,5-20H2,1-4H3. The molecule has 0 aromatic heterocycles. The van der Waals surface area contributed by atoms with Gasteiger partial charge in [0, 0.05) is 0 Å². The largest absolute Gasteiger partial charge is 0.0654 e. The van der Waals surface area contributed by atoms with Crippen LogP contribution in [0.4, 0.5) is 0 Å². The fourth-order valence-electron chi connectivity index (χ4n) is 3.47. The fraction of sp³-hybridized carbons (Fsp3) is 1.00. The molecule has 0 aliphatic heterocycles. The van der Waals surface area contributed by atoms with E-state index in [-0.39, 0.29) is 0 Å². The molecule has 0 saturated heterocycles. The van der Waals surface area contributed by atoms with Gasteiger partial charge in [-0.15, -0.1) is 0 Å². The predicted molar refractivity (Wildman–Crippen MR) is 104 cm³/mol. The first-order chi connectivity index (χ1) is 10.7. The highest BCUT2D eigenvalue weighted by Gasteiger charge is 2.04. The molecule has 134 valence electrons. The van der Waals surface area contributed by atoms with Gasteiger partial charge in [-0.1, -0.05) is 130 Å². The van der Waals surface area contributed by atoms with Crippen LogP contribution in [0.5, 0.6) is 0 Å². The molecule has 0 radical (unpaired) electrons. The highest BCUT2D eigenvalue weighted by molar-refractivity contribution is 4.58. The van der Waals surface area contributed by atoms with E-state index in [1.54, 1.807) is 0 Å². The molecule has 0 aromatic carbocycles. The first-order valence-corrected chi connectivity index (χ1v) is 10.7. The summed E-state index contributed by atoms with van der Waals surface area (Å²) in [5.41, 5.74) is 0. The minimum absolute atomic E-state index is 0.966. The van der Waals surface area contributed by atoms with Gasteiger partial charge in [0.15, 0.2) is 0 Å². The Morgan fingerprint density at radius 2 is 0.682 bits per heavy atom. The van der Waals surface area contributed by atoms with Gasteiger partial charge in [0.25, 0.3) is 0 Å². The van der Waals surface area contributed by atoms with Gasteiger partial charge in [-0.3, -0.25) is 0 Å². The summed E-state index contributed by atoms with van der Waals surface area (Å²) in [6, 6.07) is 0. The van der Waals surface area contributed by atoms with Crippen molar-refractivity contribution in [3.05, 3.63) is 0 Å². The van der Waals surface area contributed by atoms with Crippen LogP contribution < -0.4 is 0 Å². The Balaban J connectivity index is 3.26. The zero-order valence-corrected chi connectivity index (χ0v) is 16.5. The van der Waals surface area contributed by atoms with Gasteiger partial charge in [0.1, 0.15) is 0 Å². The summed E-state index contributed by atoms with van der Waals surface area (Å²) >= 11 is 0. The second-order valence-electron chi connectivity index (χ2n) is 7.90. The normalized spacial score (nSPS) is 14.2. The van der Waals surface area contributed by atoms with Crippen LogP contribution in [0.15, 0.2) is 0 Å². The van der Waals surface area contributed by atoms with E-state index in [1.165, 1.54) is 103 Å². The molecule has 0 nitrogen and oxygen atoms in total. The maximum atomic E-state index is 2.47. The monoisotopic (exact) mass is 310 g/mol. The molecule has 2 unspecified atom stereocenters. The molecule has 2 atom stereocenters. The van der Waals surface area contributed by atoms with Crippen molar-refractivity contribution < 1.29 is 0 Å². The maximum Gasteiger partial charge on any atom is -0.0443 e. The van der Waals surface area contributed by atoms with Gasteiger partial charge in [-0.2, -0.15) is 0 Å². The maximum absolute atomic E-state index is 2.47. The van der Waals surface area contributed by atoms with E-state index in [9.17, 15) is 0 Å². The Labute approximate surface area is 142 Å². The van der Waals surface area contributed by atoms with Crippen molar-refractivity contribution in [3.63, 3.8) is 0 Å². The molecule has 0 heteroatoms. The van der Waals surface area contributed by atoms with Crippen LogP contribution in [0, 0.1) is 11.8 Å². The minimum Gasteiger partial charge on any atom is -0.0654 e. The van der Waals surface area contributed by atoms with E-state index in [4.69, 9.17) is 0 Å². The first kappa shape index (κ1) is 22.0. The molecule has 0 aliphatic rings. The highest BCUT2D eigenvalue weighted by atomic mass is 14.1. The Morgan fingerprint density at radius 3 is 1.05 bits per heavy atom. The third kappa shape index (κ3) is 16.4. The summed E-state index contributed by atoms with van der Waals surface area (Å²) in [7, 11) is 0. The van der Waals surface area contributed by atoms with E-state index >= 15 is 0 Å². The van der Waals surface area contributed by atoms with Crippen molar-refractivity contribution >= 4 is 0 Å². The number of hydrogen-bond acceptors (Lipinski definition) is 0. The second kappa shape index (κ2) is 17.4. The molecular formula is C22H46. The Hall–Kier alpha value is 0. The average Bonchev–Trinajstić information content (AvgIpc) is 2.51. The number of rotatable bonds is 17. The summed E-state index contributed by atoms with van der Waals surface area (Å²) in [5, 5.41) is 0. The second-order valence-corrected chi connectivity index (χ2v) is 7.90. The van der Waals surface area contributed by atoms with Gasteiger partial charge in [-0.05, 0) is 11.8 Å². The van der Waals surface area contributed by atoms with Crippen molar-refractivity contribution in [2.24, 2.45) is 11.8 Å². The molecule has 0 aromatic rings. The molecule has 0 N–H and O–H groups in total. The summed E-state index contributed by atoms with van der Waals surface area (Å²) in [6.07, 6.45) is 23.2. The molecule has 0 saturated carbocycles. The Kier molecular flexibility index (Phi) is 17.4. The average molecular weight is 311 g/mol. The summed E-state index contributed by atoms with van der Waals surface area (Å²) in [4.78, 5) is 0. The summed E-state index contributed by atoms with van der Waals surface area (Å²) < 4.78 is 0. The molecule has 0 amide bonds. The summed E-state index contributed by atoms with van der Waals surface area (Å²) in [6.45, 7) is 9.53. The lowest BCUT2D eigenvalue weighted by atomic mass is 9.93. The number of unbranched alkanes of at least 4 members (excludes halogenated alkanes) is 9. The predicted octanol–water partition coefficient (Wildman–Crippen LogP) is 8.54. The van der Waals surface area contributed by atoms with E-state index < -0.39 is 0 Å². The van der Waals surface area contributed by atoms with Crippen molar-refractivity contribution in [1.29, 1.82) is 0 Å². The van der Waals surface area contributed by atoms with Gasteiger partial charge >= 0.3 is 0 Å². The third-order valence-corrected chi connectivity index (χ3v) is 5.24. The van der Waals surface area contributed by atoms with Crippen molar-refractivity contribution in [2.45, 2.75) is 130 Å². The molecule has 0 aliphatic carbocycles. The zero-order chi connectivity index (χ0) is 16.5. The first-order valence-electron chi connectivity index (χ1n) is 10.7. The molecular weight excluding hydrogens is 264 g/mol. The Bertz CT molecular complexity index is 196. The van der Waals surface area contributed by atoms with Gasteiger partial charge in [-0.25, -0.2) is 0 Å². The van der Waals surface area contributed by atoms with Crippen LogP contribution in [-0.4, -0.2) is 0 Å². The third-order valence-electron chi connectivity index (χ3n) is 5.24. The molecule has 0 heterocycles. The van der Waals surface area contributed by atoms with Crippen molar-refractivity contribution in [3.8, 4) is 0 Å². The number of hydrogen-bond donors (Lipinski definition) is 0. The van der Waals surface area contributed by atoms with Crippen molar-refractivity contribution in [1.82, 2.24) is 0 Å². The van der Waals surface area contributed by atoms with E-state index in [0.29, 0.717) is 0 Å². The molecule has 0 rings (SSSR count). The van der Waals surface area contributed by atoms with Crippen LogP contribution in [0.3, 0.4) is 0 Å². The highest BCUT2D eigenvalue weighted by Crippen LogP contribution is 2.20. The smallest absolute Gasteiger partial charge is 0.0443 e. The topological polar surface area (TPSA) is 0 Å². The van der Waals surface area contributed by atoms with Gasteiger partial charge < -0.3 is 0 Å². The van der Waals surface area contributed by atoms with Crippen molar-refractivity contribution in [2.75, 3.05) is 0 Å². The van der Waals surface area contributed by atoms with E-state index in [0.717, 1.165) is 11.8 Å². The van der Waals surface area contributed by atoms with Crippen LogP contribution in [0.1, 0.15) is 130 Å². The zero-order valence-electron chi connectivity index (χ0n) is 16.5. The van der Waals surface area contributed by atoms with Gasteiger partial charge in [0.05, 0.1) is 0 Å². The van der Waals surface area contributed by atoms with Gasteiger partial charge in [0.2, 0.25) is 0 Å². The van der Waals surface area contributed by atoms with E-state index in [1.807, 2.05) is 0 Å².